The highest BCUT2D eigenvalue weighted by atomic mass is 79.9. The second-order valence-electron chi connectivity index (χ2n) is 12.3. The first-order chi connectivity index (χ1) is 23.5. The predicted octanol–water partition coefficient (Wildman–Crippen LogP) is 7.70. The summed E-state index contributed by atoms with van der Waals surface area (Å²) >= 11 is 9.93. The van der Waals surface area contributed by atoms with Gasteiger partial charge in [0, 0.05) is 28.5 Å². The number of methoxy groups -OCH3 is 1. The van der Waals surface area contributed by atoms with Gasteiger partial charge in [-0.15, -0.1) is 0 Å². The van der Waals surface area contributed by atoms with E-state index < -0.39 is 28.5 Å². The molecule has 1 atom stereocenters. The molecule has 0 aromatic heterocycles. The van der Waals surface area contributed by atoms with Gasteiger partial charge in [0.15, 0.2) is 0 Å². The first-order valence-electron chi connectivity index (χ1n) is 16.4. The molecule has 0 heterocycles. The van der Waals surface area contributed by atoms with Gasteiger partial charge in [-0.1, -0.05) is 107 Å². The van der Waals surface area contributed by atoms with Crippen molar-refractivity contribution in [2.45, 2.75) is 69.0 Å². The van der Waals surface area contributed by atoms with Crippen molar-refractivity contribution in [2.24, 2.45) is 0 Å². The molecule has 4 aromatic rings. The maximum absolute atomic E-state index is 14.8. The van der Waals surface area contributed by atoms with Crippen LogP contribution in [0.1, 0.15) is 48.8 Å². The molecule has 0 radical (unpaired) electrons. The molecule has 1 N–H and O–H groups in total. The van der Waals surface area contributed by atoms with Crippen LogP contribution in [0, 0.1) is 6.92 Å². The molecule has 0 aliphatic heterocycles. The number of nitrogens with zero attached hydrogens (tertiary/aromatic N) is 2. The Morgan fingerprint density at radius 1 is 0.918 bits per heavy atom. The van der Waals surface area contributed by atoms with E-state index in [-0.39, 0.29) is 46.3 Å². The Balaban J connectivity index is 1.60. The lowest BCUT2D eigenvalue weighted by Crippen LogP contribution is -2.55. The summed E-state index contributed by atoms with van der Waals surface area (Å²) in [6.45, 7) is 1.32. The molecule has 5 rings (SSSR count). The molecule has 1 saturated carbocycles. The second kappa shape index (κ2) is 16.7. The fourth-order valence-electron chi connectivity index (χ4n) is 6.14. The number of sulfonamides is 1. The number of hydrogen-bond acceptors (Lipinski definition) is 5. The SMILES string of the molecule is COc1ccc(Cl)cc1N(CC(=O)N(Cc1cccc(Br)c1)C(Cc1ccccc1)C(=O)NC1CCCCC1)S(=O)(=O)c1ccc(C)cc1. The molecule has 11 heteroatoms. The molecule has 0 spiro atoms. The minimum Gasteiger partial charge on any atom is -0.495 e. The van der Waals surface area contributed by atoms with E-state index in [2.05, 4.69) is 21.2 Å². The second-order valence-corrected chi connectivity index (χ2v) is 15.6. The van der Waals surface area contributed by atoms with E-state index >= 15 is 0 Å². The van der Waals surface area contributed by atoms with Gasteiger partial charge >= 0.3 is 0 Å². The van der Waals surface area contributed by atoms with E-state index in [1.807, 2.05) is 61.5 Å². The predicted molar refractivity (Wildman–Crippen MR) is 197 cm³/mol. The lowest BCUT2D eigenvalue weighted by molar-refractivity contribution is -0.140. The third kappa shape index (κ3) is 9.44. The molecule has 1 aliphatic carbocycles. The minimum absolute atomic E-state index is 0.00217. The molecule has 1 aliphatic rings. The Hall–Kier alpha value is -3.86. The maximum atomic E-state index is 14.8. The summed E-state index contributed by atoms with van der Waals surface area (Å²) in [6, 6.07) is 27.2. The third-order valence-corrected chi connectivity index (χ3v) is 11.3. The fraction of sp³-hybridized carbons (Fsp3) is 0.316. The van der Waals surface area contributed by atoms with Crippen molar-refractivity contribution < 1.29 is 22.7 Å². The smallest absolute Gasteiger partial charge is 0.264 e. The molecule has 1 unspecified atom stereocenters. The zero-order valence-electron chi connectivity index (χ0n) is 27.6. The first-order valence-corrected chi connectivity index (χ1v) is 19.0. The van der Waals surface area contributed by atoms with Gasteiger partial charge in [0.2, 0.25) is 11.8 Å². The van der Waals surface area contributed by atoms with Gasteiger partial charge in [0.1, 0.15) is 18.3 Å². The molecular formula is C38H41BrClN3O5S. The van der Waals surface area contributed by atoms with Crippen LogP contribution < -0.4 is 14.4 Å². The standard InChI is InChI=1S/C38H41BrClN3O5S/c1-27-16-19-33(20-17-27)49(46,47)43(34-24-31(40)18-21-36(34)48-2)26-37(44)42(25-29-12-9-13-30(39)22-29)35(23-28-10-5-3-6-11-28)38(45)41-32-14-7-4-8-15-32/h3,5-6,9-13,16-22,24,32,35H,4,7-8,14-15,23,25-26H2,1-2H3,(H,41,45). The van der Waals surface area contributed by atoms with Gasteiger partial charge in [-0.05, 0) is 73.4 Å². The van der Waals surface area contributed by atoms with E-state index in [4.69, 9.17) is 16.3 Å². The molecule has 8 nitrogen and oxygen atoms in total. The lowest BCUT2D eigenvalue weighted by Gasteiger charge is -2.35. The van der Waals surface area contributed by atoms with Crippen LogP contribution in [0.2, 0.25) is 5.02 Å². The summed E-state index contributed by atoms with van der Waals surface area (Å²) in [5.41, 5.74) is 2.64. The van der Waals surface area contributed by atoms with Gasteiger partial charge in [0.05, 0.1) is 17.7 Å². The number of carbonyl (C=O) groups excluding carboxylic acids is 2. The Morgan fingerprint density at radius 3 is 2.29 bits per heavy atom. The number of ether oxygens (including phenoxy) is 1. The highest BCUT2D eigenvalue weighted by Crippen LogP contribution is 2.35. The van der Waals surface area contributed by atoms with E-state index in [0.717, 1.165) is 57.6 Å². The lowest BCUT2D eigenvalue weighted by atomic mass is 9.94. The van der Waals surface area contributed by atoms with Crippen molar-refractivity contribution in [3.05, 3.63) is 123 Å². The van der Waals surface area contributed by atoms with Gasteiger partial charge in [0.25, 0.3) is 10.0 Å². The van der Waals surface area contributed by atoms with E-state index in [1.165, 1.54) is 30.2 Å². The van der Waals surface area contributed by atoms with Gasteiger partial charge in [-0.3, -0.25) is 13.9 Å². The molecule has 258 valence electrons. The summed E-state index contributed by atoms with van der Waals surface area (Å²) in [4.78, 5) is 30.6. The highest BCUT2D eigenvalue weighted by Gasteiger charge is 2.36. The van der Waals surface area contributed by atoms with Crippen LogP contribution in [0.4, 0.5) is 5.69 Å². The average Bonchev–Trinajstić information content (AvgIpc) is 3.09. The average molecular weight is 767 g/mol. The van der Waals surface area contributed by atoms with Crippen molar-refractivity contribution >= 4 is 55.1 Å². The van der Waals surface area contributed by atoms with Gasteiger partial charge in [-0.2, -0.15) is 0 Å². The number of hydrogen-bond donors (Lipinski definition) is 1. The first kappa shape index (κ1) is 36.4. The Kier molecular flexibility index (Phi) is 12.4. The molecular weight excluding hydrogens is 726 g/mol. The van der Waals surface area contributed by atoms with Crippen LogP contribution in [-0.4, -0.2) is 50.9 Å². The Bertz CT molecular complexity index is 1850. The van der Waals surface area contributed by atoms with Crippen LogP contribution in [0.15, 0.2) is 106 Å². The normalized spacial score (nSPS) is 14.1. The number of carbonyl (C=O) groups is 2. The highest BCUT2D eigenvalue weighted by molar-refractivity contribution is 9.10. The minimum atomic E-state index is -4.32. The summed E-state index contributed by atoms with van der Waals surface area (Å²) in [7, 11) is -2.89. The number of nitrogens with one attached hydrogen (secondary N) is 1. The van der Waals surface area contributed by atoms with Crippen LogP contribution in [-0.2, 0) is 32.6 Å². The topological polar surface area (TPSA) is 96.0 Å². The van der Waals surface area contributed by atoms with E-state index in [0.29, 0.717) is 0 Å². The van der Waals surface area contributed by atoms with Crippen molar-refractivity contribution in [1.82, 2.24) is 10.2 Å². The van der Waals surface area contributed by atoms with Crippen molar-refractivity contribution in [3.63, 3.8) is 0 Å². The maximum Gasteiger partial charge on any atom is 0.264 e. The van der Waals surface area contributed by atoms with E-state index in [1.54, 1.807) is 24.3 Å². The number of halogens is 2. The molecule has 1 fully saturated rings. The summed E-state index contributed by atoms with van der Waals surface area (Å²) in [5, 5.41) is 3.50. The molecule has 0 bridgehead atoms. The molecule has 0 saturated heterocycles. The zero-order valence-corrected chi connectivity index (χ0v) is 30.8. The number of benzene rings is 4. The third-order valence-electron chi connectivity index (χ3n) is 8.76. The van der Waals surface area contributed by atoms with Gasteiger partial charge in [-0.25, -0.2) is 8.42 Å². The number of amides is 2. The van der Waals surface area contributed by atoms with Crippen molar-refractivity contribution in [3.8, 4) is 5.75 Å². The van der Waals surface area contributed by atoms with Crippen LogP contribution in [0.25, 0.3) is 0 Å². The Morgan fingerprint density at radius 2 is 1.61 bits per heavy atom. The largest absolute Gasteiger partial charge is 0.495 e. The summed E-state index contributed by atoms with van der Waals surface area (Å²) in [6.07, 6.45) is 5.18. The van der Waals surface area contributed by atoms with E-state index in [9.17, 15) is 18.0 Å². The fourth-order valence-corrected chi connectivity index (χ4v) is 8.17. The molecule has 49 heavy (non-hydrogen) atoms. The van der Waals surface area contributed by atoms with Crippen LogP contribution >= 0.6 is 27.5 Å². The van der Waals surface area contributed by atoms with Crippen molar-refractivity contribution in [1.29, 1.82) is 0 Å². The molecule has 4 aromatic carbocycles. The van der Waals surface area contributed by atoms with Crippen LogP contribution in [0.5, 0.6) is 5.75 Å². The van der Waals surface area contributed by atoms with Gasteiger partial charge < -0.3 is 15.0 Å². The quantitative estimate of drug-likeness (QED) is 0.151. The summed E-state index contributed by atoms with van der Waals surface area (Å²) in [5.74, 6) is -0.605. The monoisotopic (exact) mass is 765 g/mol. The number of rotatable bonds is 13. The van der Waals surface area contributed by atoms with Crippen molar-refractivity contribution in [2.75, 3.05) is 18.0 Å². The zero-order chi connectivity index (χ0) is 35.0. The van der Waals surface area contributed by atoms with Crippen LogP contribution in [0.3, 0.4) is 0 Å². The summed E-state index contributed by atoms with van der Waals surface area (Å²) < 4.78 is 36.2. The number of anilines is 1. The number of aryl methyl sites for hydroxylation is 1. The molecule has 2 amide bonds. The Labute approximate surface area is 302 Å².